The molecule has 1 fully saturated rings. The maximum atomic E-state index is 13.8. The van der Waals surface area contributed by atoms with Crippen molar-refractivity contribution >= 4 is 18.2 Å². The normalized spacial score (nSPS) is 21.1. The van der Waals surface area contributed by atoms with Gasteiger partial charge in [0.1, 0.15) is 11.9 Å². The first-order valence-electron chi connectivity index (χ1n) is 7.32. The fraction of sp³-hybridized carbons (Fsp3) is 0.400. The second-order valence-corrected chi connectivity index (χ2v) is 5.84. The fourth-order valence-corrected chi connectivity index (χ4v) is 2.91. The van der Waals surface area contributed by atoms with E-state index in [1.807, 2.05) is 0 Å². The van der Waals surface area contributed by atoms with Crippen LogP contribution in [0, 0.1) is 10.7 Å². The van der Waals surface area contributed by atoms with Gasteiger partial charge in [0, 0.05) is 13.0 Å². The number of nitrogens with zero attached hydrogens (tertiary/aromatic N) is 3. The zero-order valence-electron chi connectivity index (χ0n) is 12.9. The summed E-state index contributed by atoms with van der Waals surface area (Å²) < 4.78 is 25.3. The molecule has 9 heteroatoms. The van der Waals surface area contributed by atoms with E-state index in [1.165, 1.54) is 23.9 Å². The van der Waals surface area contributed by atoms with Gasteiger partial charge in [-0.15, -0.1) is 5.10 Å². The van der Waals surface area contributed by atoms with Crippen LogP contribution in [0.5, 0.6) is 0 Å². The Balaban J connectivity index is 1.85. The quantitative estimate of drug-likeness (QED) is 0.660. The highest BCUT2D eigenvalue weighted by Crippen LogP contribution is 2.23. The molecule has 2 atom stereocenters. The monoisotopic (exact) mass is 353 g/mol. The Morgan fingerprint density at radius 1 is 1.54 bits per heavy atom. The summed E-state index contributed by atoms with van der Waals surface area (Å²) in [7, 11) is 1.29. The molecular formula is C15H16FN3O4S. The van der Waals surface area contributed by atoms with Crippen molar-refractivity contribution in [2.75, 3.05) is 13.7 Å². The summed E-state index contributed by atoms with van der Waals surface area (Å²) in [6.07, 6.45) is -0.362. The molecule has 128 valence electrons. The third kappa shape index (κ3) is 3.23. The van der Waals surface area contributed by atoms with E-state index in [0.717, 1.165) is 0 Å². The van der Waals surface area contributed by atoms with Gasteiger partial charge in [-0.3, -0.25) is 9.69 Å². The molecule has 0 radical (unpaired) electrons. The lowest BCUT2D eigenvalue weighted by Gasteiger charge is -2.21. The highest BCUT2D eigenvalue weighted by molar-refractivity contribution is 7.71. The third-order valence-electron chi connectivity index (χ3n) is 3.88. The van der Waals surface area contributed by atoms with Gasteiger partial charge in [-0.2, -0.15) is 0 Å². The second-order valence-electron chi connectivity index (χ2n) is 5.49. The van der Waals surface area contributed by atoms with Crippen molar-refractivity contribution in [2.24, 2.45) is 0 Å². The van der Waals surface area contributed by atoms with Crippen LogP contribution < -0.4 is 0 Å². The number of carbonyl (C=O) groups is 1. The smallest absolute Gasteiger partial charge is 0.323 e. The fourth-order valence-electron chi connectivity index (χ4n) is 2.73. The Morgan fingerprint density at radius 3 is 3.00 bits per heavy atom. The number of hydrogen-bond acceptors (Lipinski definition) is 7. The summed E-state index contributed by atoms with van der Waals surface area (Å²) in [5, 5.41) is 14.0. The first-order chi connectivity index (χ1) is 11.5. The van der Waals surface area contributed by atoms with Crippen LogP contribution in [0.1, 0.15) is 6.42 Å². The van der Waals surface area contributed by atoms with E-state index in [4.69, 9.17) is 21.4 Å². The van der Waals surface area contributed by atoms with Gasteiger partial charge in [-0.05, 0) is 24.4 Å². The predicted octanol–water partition coefficient (Wildman–Crippen LogP) is 1.58. The van der Waals surface area contributed by atoms with Gasteiger partial charge in [0.15, 0.2) is 0 Å². The molecule has 1 aliphatic heterocycles. The molecule has 1 aromatic heterocycles. The molecule has 0 saturated carbocycles. The minimum Gasteiger partial charge on any atom is -0.468 e. The van der Waals surface area contributed by atoms with E-state index in [9.17, 15) is 14.3 Å². The van der Waals surface area contributed by atoms with Gasteiger partial charge in [-0.25, -0.2) is 9.07 Å². The number of β-amino-alcohol motifs (C(OH)–C–C–N with tert-alkyl or cyclic N) is 1. The van der Waals surface area contributed by atoms with Crippen molar-refractivity contribution in [2.45, 2.75) is 25.2 Å². The summed E-state index contributed by atoms with van der Waals surface area (Å²) in [6, 6.07) is 5.49. The van der Waals surface area contributed by atoms with Crippen LogP contribution in [0.15, 0.2) is 28.7 Å². The molecule has 0 amide bonds. The molecule has 0 bridgehead atoms. The van der Waals surface area contributed by atoms with Crippen molar-refractivity contribution in [3.05, 3.63) is 34.9 Å². The summed E-state index contributed by atoms with van der Waals surface area (Å²) in [5.74, 6) is -0.840. The Bertz CT molecular complexity index is 806. The van der Waals surface area contributed by atoms with Crippen molar-refractivity contribution in [1.82, 2.24) is 14.7 Å². The summed E-state index contributed by atoms with van der Waals surface area (Å²) in [5.41, 5.74) is 0.202. The molecule has 3 rings (SSSR count). The number of halogens is 1. The topological polar surface area (TPSA) is 80.7 Å². The maximum Gasteiger partial charge on any atom is 0.323 e. The van der Waals surface area contributed by atoms with Gasteiger partial charge in [0.2, 0.25) is 5.89 Å². The summed E-state index contributed by atoms with van der Waals surface area (Å²) >= 11 is 5.12. The number of aliphatic hydroxyl groups excluding tert-OH is 1. The third-order valence-corrected chi connectivity index (χ3v) is 4.17. The van der Waals surface area contributed by atoms with Crippen molar-refractivity contribution in [1.29, 1.82) is 0 Å². The highest BCUT2D eigenvalue weighted by atomic mass is 32.1. The van der Waals surface area contributed by atoms with E-state index in [-0.39, 0.29) is 35.9 Å². The van der Waals surface area contributed by atoms with Crippen LogP contribution in [0.25, 0.3) is 11.5 Å². The van der Waals surface area contributed by atoms with E-state index >= 15 is 0 Å². The number of esters is 1. The van der Waals surface area contributed by atoms with Crippen molar-refractivity contribution in [3.63, 3.8) is 0 Å². The van der Waals surface area contributed by atoms with Gasteiger partial charge in [-0.1, -0.05) is 12.1 Å². The van der Waals surface area contributed by atoms with Crippen LogP contribution in [0.2, 0.25) is 0 Å². The lowest BCUT2D eigenvalue weighted by atomic mass is 10.2. The average Bonchev–Trinajstić information content (AvgIpc) is 3.10. The molecule has 1 aromatic carbocycles. The van der Waals surface area contributed by atoms with Crippen LogP contribution in [0.3, 0.4) is 0 Å². The largest absolute Gasteiger partial charge is 0.468 e. The number of likely N-dealkylation sites (tertiary alicyclic amines) is 1. The van der Waals surface area contributed by atoms with Crippen LogP contribution in [-0.4, -0.2) is 51.6 Å². The molecule has 1 aliphatic rings. The SMILES string of the molecule is COC(=O)[C@@H]1C[C@@H](O)CN1Cn1nc(-c2ccccc2F)oc1=S. The first kappa shape index (κ1) is 16.7. The molecule has 1 N–H and O–H groups in total. The number of aliphatic hydroxyl groups is 1. The Morgan fingerprint density at radius 2 is 2.29 bits per heavy atom. The lowest BCUT2D eigenvalue weighted by molar-refractivity contribution is -0.146. The Labute approximate surface area is 142 Å². The second kappa shape index (κ2) is 6.80. The standard InChI is InChI=1S/C15H16FN3O4S/c1-22-14(21)12-6-9(20)7-18(12)8-19-15(24)23-13(17-19)10-4-2-3-5-11(10)16/h2-5,9,12,20H,6-8H2,1H3/t9-,12+/m1/s1. The maximum absolute atomic E-state index is 13.8. The number of aromatic nitrogens is 2. The molecule has 0 spiro atoms. The number of ether oxygens (including phenoxy) is 1. The molecule has 7 nitrogen and oxygen atoms in total. The van der Waals surface area contributed by atoms with Crippen LogP contribution in [0.4, 0.5) is 4.39 Å². The molecule has 2 heterocycles. The Hall–Kier alpha value is -2.10. The van der Waals surface area contributed by atoms with E-state index in [2.05, 4.69) is 5.10 Å². The van der Waals surface area contributed by atoms with Gasteiger partial charge in [0.05, 0.1) is 25.4 Å². The van der Waals surface area contributed by atoms with E-state index < -0.39 is 23.9 Å². The molecule has 24 heavy (non-hydrogen) atoms. The Kier molecular flexibility index (Phi) is 4.74. The summed E-state index contributed by atoms with van der Waals surface area (Å²) in [4.78, 5) is 13.6. The molecule has 0 unspecified atom stereocenters. The number of methoxy groups -OCH3 is 1. The van der Waals surface area contributed by atoms with Gasteiger partial charge >= 0.3 is 5.97 Å². The molecule has 1 saturated heterocycles. The molecule has 0 aliphatic carbocycles. The zero-order valence-corrected chi connectivity index (χ0v) is 13.7. The van der Waals surface area contributed by atoms with E-state index in [1.54, 1.807) is 17.0 Å². The van der Waals surface area contributed by atoms with Crippen molar-refractivity contribution in [3.8, 4) is 11.5 Å². The molecular weight excluding hydrogens is 337 g/mol. The number of benzene rings is 1. The zero-order chi connectivity index (χ0) is 17.3. The molecule has 2 aromatic rings. The first-order valence-corrected chi connectivity index (χ1v) is 7.73. The van der Waals surface area contributed by atoms with Gasteiger partial charge < -0.3 is 14.3 Å². The van der Waals surface area contributed by atoms with E-state index in [0.29, 0.717) is 0 Å². The minimum atomic E-state index is -0.638. The number of carbonyl (C=O) groups excluding carboxylic acids is 1. The minimum absolute atomic E-state index is 0.0539. The number of rotatable bonds is 4. The highest BCUT2D eigenvalue weighted by Gasteiger charge is 2.37. The van der Waals surface area contributed by atoms with Crippen LogP contribution >= 0.6 is 12.2 Å². The summed E-state index contributed by atoms with van der Waals surface area (Å²) in [6.45, 7) is 0.414. The number of hydrogen-bond donors (Lipinski definition) is 1. The average molecular weight is 353 g/mol. The van der Waals surface area contributed by atoms with Gasteiger partial charge in [0.25, 0.3) is 4.84 Å². The van der Waals surface area contributed by atoms with Crippen LogP contribution in [-0.2, 0) is 16.2 Å². The predicted molar refractivity (Wildman–Crippen MR) is 83.9 cm³/mol. The lowest BCUT2D eigenvalue weighted by Crippen LogP contribution is -2.38. The van der Waals surface area contributed by atoms with Crippen molar-refractivity contribution < 1.29 is 23.4 Å².